The van der Waals surface area contributed by atoms with Crippen LogP contribution in [0.5, 0.6) is 0 Å². The zero-order valence-corrected chi connectivity index (χ0v) is 20.6. The number of hydrogen-bond donors (Lipinski definition) is 4. The Hall–Kier alpha value is -4.82. The van der Waals surface area contributed by atoms with Gasteiger partial charge in [-0.25, -0.2) is 8.91 Å². The van der Waals surface area contributed by atoms with E-state index in [4.69, 9.17) is 5.26 Å². The Labute approximate surface area is 217 Å². The fourth-order valence-corrected chi connectivity index (χ4v) is 4.13. The van der Waals surface area contributed by atoms with Gasteiger partial charge in [0, 0.05) is 24.0 Å². The van der Waals surface area contributed by atoms with Gasteiger partial charge < -0.3 is 21.1 Å². The van der Waals surface area contributed by atoms with Crippen LogP contribution in [0.15, 0.2) is 54.9 Å². The summed E-state index contributed by atoms with van der Waals surface area (Å²) in [5.41, 5.74) is 3.25. The molecule has 1 atom stereocenters. The van der Waals surface area contributed by atoms with Crippen LogP contribution in [0.4, 0.5) is 15.8 Å². The maximum atomic E-state index is 14.3. The molecule has 0 aliphatic carbocycles. The number of nitrogens with zero attached hydrogens (tertiary/aromatic N) is 4. The number of aromatic nitrogens is 3. The van der Waals surface area contributed by atoms with E-state index in [0.29, 0.717) is 46.0 Å². The molecule has 192 valence electrons. The lowest BCUT2D eigenvalue weighted by molar-refractivity contribution is -0.00177. The number of anilines is 2. The van der Waals surface area contributed by atoms with Crippen molar-refractivity contribution in [2.75, 3.05) is 11.9 Å². The lowest BCUT2D eigenvalue weighted by atomic mass is 10.0. The van der Waals surface area contributed by atoms with Crippen LogP contribution >= 0.6 is 0 Å². The number of carbonyl (C=O) groups excluding carboxylic acids is 2. The van der Waals surface area contributed by atoms with Gasteiger partial charge in [0.15, 0.2) is 0 Å². The average Bonchev–Trinajstić information content (AvgIpc) is 3.49. The number of amides is 2. The van der Waals surface area contributed by atoms with Crippen molar-refractivity contribution in [2.24, 2.45) is 0 Å². The fourth-order valence-electron chi connectivity index (χ4n) is 4.13. The van der Waals surface area contributed by atoms with Crippen molar-refractivity contribution >= 4 is 28.7 Å². The summed E-state index contributed by atoms with van der Waals surface area (Å²) in [5, 5.41) is 31.9. The third-order valence-corrected chi connectivity index (χ3v) is 6.32. The Morgan fingerprint density at radius 3 is 2.84 bits per heavy atom. The van der Waals surface area contributed by atoms with E-state index in [1.807, 2.05) is 6.07 Å². The van der Waals surface area contributed by atoms with E-state index in [1.165, 1.54) is 26.2 Å². The predicted octanol–water partition coefficient (Wildman–Crippen LogP) is 3.09. The minimum absolute atomic E-state index is 0.141. The summed E-state index contributed by atoms with van der Waals surface area (Å²) in [4.78, 5) is 29.4. The molecule has 2 amide bonds. The van der Waals surface area contributed by atoms with Crippen molar-refractivity contribution in [3.63, 3.8) is 0 Å². The van der Waals surface area contributed by atoms with Gasteiger partial charge in [-0.3, -0.25) is 14.6 Å². The summed E-state index contributed by atoms with van der Waals surface area (Å²) in [7, 11) is 0. The molecule has 1 aromatic carbocycles. The third-order valence-electron chi connectivity index (χ3n) is 6.32. The summed E-state index contributed by atoms with van der Waals surface area (Å²) < 4.78 is 15.9. The van der Waals surface area contributed by atoms with Gasteiger partial charge in [-0.1, -0.05) is 0 Å². The Bertz CT molecular complexity index is 1620. The number of nitriles is 1. The first-order valence-electron chi connectivity index (χ1n) is 11.8. The zero-order valence-electron chi connectivity index (χ0n) is 20.6. The molecule has 1 aliphatic rings. The number of fused-ring (bicyclic) bond motifs is 2. The van der Waals surface area contributed by atoms with Gasteiger partial charge in [0.25, 0.3) is 11.8 Å². The molecule has 0 fully saturated rings. The summed E-state index contributed by atoms with van der Waals surface area (Å²) >= 11 is 0. The van der Waals surface area contributed by atoms with E-state index in [-0.39, 0.29) is 18.0 Å². The summed E-state index contributed by atoms with van der Waals surface area (Å²) in [6.07, 6.45) is 1.16. The van der Waals surface area contributed by atoms with Crippen LogP contribution < -0.4 is 16.0 Å². The second-order valence-electron chi connectivity index (χ2n) is 9.54. The van der Waals surface area contributed by atoms with Crippen molar-refractivity contribution in [1.29, 1.82) is 5.26 Å². The molecule has 10 nitrogen and oxygen atoms in total. The maximum Gasteiger partial charge on any atom is 0.255 e. The largest absolute Gasteiger partial charge is 0.387 e. The highest BCUT2D eigenvalue weighted by molar-refractivity contribution is 6.01. The number of pyridine rings is 1. The summed E-state index contributed by atoms with van der Waals surface area (Å²) in [5.74, 6) is -0.717. The molecule has 0 radical (unpaired) electrons. The van der Waals surface area contributed by atoms with Crippen LogP contribution in [0.3, 0.4) is 0 Å². The van der Waals surface area contributed by atoms with Crippen LogP contribution in [0.25, 0.3) is 16.9 Å². The van der Waals surface area contributed by atoms with Crippen LogP contribution in [-0.4, -0.2) is 49.8 Å². The molecule has 5 rings (SSSR count). The van der Waals surface area contributed by atoms with Crippen molar-refractivity contribution in [2.45, 2.75) is 32.2 Å². The van der Waals surface area contributed by atoms with E-state index in [0.717, 1.165) is 5.56 Å². The Morgan fingerprint density at radius 2 is 2.08 bits per heavy atom. The van der Waals surface area contributed by atoms with E-state index in [1.54, 1.807) is 40.9 Å². The molecule has 0 saturated heterocycles. The lowest BCUT2D eigenvalue weighted by Gasteiger charge is -2.22. The molecular weight excluding hydrogens is 489 g/mol. The van der Waals surface area contributed by atoms with Gasteiger partial charge in [0.2, 0.25) is 0 Å². The SMILES string of the molecule is CC(C)(O)[C@H](F)CNC(=O)c1cnc(-c2ccc3cc(C#N)cnn23)cc1Nc1ccc2c(c1)CNC2=O. The molecule has 0 saturated carbocycles. The topological polar surface area (TPSA) is 144 Å². The van der Waals surface area contributed by atoms with Gasteiger partial charge >= 0.3 is 0 Å². The molecular formula is C27H24FN7O3. The van der Waals surface area contributed by atoms with Gasteiger partial charge in [-0.05, 0) is 61.9 Å². The molecule has 1 aliphatic heterocycles. The normalized spacial score (nSPS) is 13.5. The maximum absolute atomic E-state index is 14.3. The molecule has 4 heterocycles. The smallest absolute Gasteiger partial charge is 0.255 e. The van der Waals surface area contributed by atoms with Crippen LogP contribution in [-0.2, 0) is 6.54 Å². The molecule has 0 unspecified atom stereocenters. The average molecular weight is 514 g/mol. The van der Waals surface area contributed by atoms with Gasteiger partial charge in [0.1, 0.15) is 12.2 Å². The zero-order chi connectivity index (χ0) is 27.0. The number of hydrogen-bond acceptors (Lipinski definition) is 7. The highest BCUT2D eigenvalue weighted by atomic mass is 19.1. The number of benzene rings is 1. The second-order valence-corrected chi connectivity index (χ2v) is 9.54. The van der Waals surface area contributed by atoms with Crippen molar-refractivity contribution in [1.82, 2.24) is 25.2 Å². The minimum Gasteiger partial charge on any atom is -0.387 e. The van der Waals surface area contributed by atoms with Gasteiger partial charge in [-0.2, -0.15) is 10.4 Å². The first-order chi connectivity index (χ1) is 18.1. The van der Waals surface area contributed by atoms with Crippen LogP contribution in [0.2, 0.25) is 0 Å². The summed E-state index contributed by atoms with van der Waals surface area (Å²) in [6, 6.07) is 14.3. The predicted molar refractivity (Wildman–Crippen MR) is 138 cm³/mol. The highest BCUT2D eigenvalue weighted by Gasteiger charge is 2.27. The van der Waals surface area contributed by atoms with Crippen molar-refractivity contribution < 1.29 is 19.1 Å². The molecule has 3 aromatic heterocycles. The van der Waals surface area contributed by atoms with Crippen LogP contribution in [0.1, 0.15) is 45.7 Å². The van der Waals surface area contributed by atoms with Crippen molar-refractivity contribution in [3.8, 4) is 17.5 Å². The Kier molecular flexibility index (Phi) is 6.26. The number of aliphatic hydroxyl groups is 1. The van der Waals surface area contributed by atoms with E-state index >= 15 is 0 Å². The lowest BCUT2D eigenvalue weighted by Crippen LogP contribution is -2.42. The standard InChI is InChI=1S/C27H24FN7O3/c1-27(2,38)24(28)14-32-26(37)20-13-30-22(23-6-4-18-7-15(10-29)11-33-35(18)23)9-21(20)34-17-3-5-19-16(8-17)12-31-25(19)36/h3-9,11,13,24,38H,12,14H2,1-2H3,(H,30,34)(H,31,36)(H,32,37)/t24-/m1/s1. The van der Waals surface area contributed by atoms with Crippen LogP contribution in [0, 0.1) is 11.3 Å². The number of nitrogens with one attached hydrogen (secondary N) is 3. The second kappa shape index (κ2) is 9.57. The van der Waals surface area contributed by atoms with Crippen molar-refractivity contribution in [3.05, 3.63) is 77.1 Å². The van der Waals surface area contributed by atoms with E-state index < -0.39 is 17.7 Å². The molecule has 38 heavy (non-hydrogen) atoms. The fraction of sp³-hybridized carbons (Fsp3) is 0.222. The number of alkyl halides is 1. The molecule has 4 aromatic rings. The first-order valence-corrected chi connectivity index (χ1v) is 11.8. The molecule has 11 heteroatoms. The van der Waals surface area contributed by atoms with E-state index in [9.17, 15) is 19.1 Å². The molecule has 0 spiro atoms. The van der Waals surface area contributed by atoms with E-state index in [2.05, 4.69) is 32.1 Å². The third kappa shape index (κ3) is 4.77. The number of rotatable bonds is 7. The Balaban J connectivity index is 1.52. The highest BCUT2D eigenvalue weighted by Crippen LogP contribution is 2.29. The first kappa shape index (κ1) is 24.9. The number of carbonyl (C=O) groups is 2. The van der Waals surface area contributed by atoms with Gasteiger partial charge in [0.05, 0.1) is 52.1 Å². The minimum atomic E-state index is -1.67. The number of halogens is 1. The summed E-state index contributed by atoms with van der Waals surface area (Å²) in [6.45, 7) is 2.68. The Morgan fingerprint density at radius 1 is 1.26 bits per heavy atom. The van der Waals surface area contributed by atoms with Gasteiger partial charge in [-0.15, -0.1) is 0 Å². The monoisotopic (exact) mass is 513 g/mol. The molecule has 0 bridgehead atoms. The molecule has 4 N–H and O–H groups in total. The quantitative estimate of drug-likeness (QED) is 0.297.